The first-order valence-electron chi connectivity index (χ1n) is 3.75. The second-order valence-electron chi connectivity index (χ2n) is 2.95. The van der Waals surface area contributed by atoms with Crippen molar-refractivity contribution in [3.8, 4) is 0 Å². The molecule has 1 aliphatic carbocycles. The van der Waals surface area contributed by atoms with E-state index in [1.54, 1.807) is 18.2 Å². The smallest absolute Gasteiger partial charge is 0.259 e. The first kappa shape index (κ1) is 8.44. The Morgan fingerprint density at radius 1 is 1.23 bits per heavy atom. The standard InChI is InChI=1S/C9H6BrNO2/c10-7-5-9(11-8(7)13)3-1-6(12)2-4-9/h1-5H,(H,11,13). The van der Waals surface area contributed by atoms with Gasteiger partial charge >= 0.3 is 0 Å². The van der Waals surface area contributed by atoms with E-state index in [9.17, 15) is 9.59 Å². The van der Waals surface area contributed by atoms with Gasteiger partial charge in [0.25, 0.3) is 5.91 Å². The van der Waals surface area contributed by atoms with E-state index in [1.807, 2.05) is 0 Å². The van der Waals surface area contributed by atoms with E-state index in [0.29, 0.717) is 4.48 Å². The van der Waals surface area contributed by atoms with Gasteiger partial charge in [-0.1, -0.05) is 0 Å². The van der Waals surface area contributed by atoms with E-state index in [0.717, 1.165) is 0 Å². The van der Waals surface area contributed by atoms with E-state index < -0.39 is 5.54 Å². The minimum atomic E-state index is -0.593. The van der Waals surface area contributed by atoms with Crippen LogP contribution in [0.15, 0.2) is 34.9 Å². The van der Waals surface area contributed by atoms with Gasteiger partial charge in [0.05, 0.1) is 10.0 Å². The number of carbonyl (C=O) groups is 2. The van der Waals surface area contributed by atoms with Crippen LogP contribution in [0, 0.1) is 0 Å². The first-order valence-corrected chi connectivity index (χ1v) is 4.54. The summed E-state index contributed by atoms with van der Waals surface area (Å²) in [6.45, 7) is 0. The predicted octanol–water partition coefficient (Wildman–Crippen LogP) is 0.829. The molecule has 0 fully saturated rings. The Bertz CT molecular complexity index is 363. The highest BCUT2D eigenvalue weighted by atomic mass is 79.9. The van der Waals surface area contributed by atoms with Gasteiger partial charge in [-0.3, -0.25) is 9.59 Å². The maximum absolute atomic E-state index is 11.2. The van der Waals surface area contributed by atoms with Gasteiger partial charge in [-0.2, -0.15) is 0 Å². The van der Waals surface area contributed by atoms with Gasteiger partial charge in [0.2, 0.25) is 0 Å². The Balaban J connectivity index is 2.36. The first-order chi connectivity index (χ1) is 6.11. The number of rotatable bonds is 0. The number of hydrogen-bond acceptors (Lipinski definition) is 2. The molecule has 13 heavy (non-hydrogen) atoms. The lowest BCUT2D eigenvalue weighted by Gasteiger charge is -2.20. The molecule has 4 heteroatoms. The van der Waals surface area contributed by atoms with E-state index in [1.165, 1.54) is 12.2 Å². The summed E-state index contributed by atoms with van der Waals surface area (Å²) in [5.41, 5.74) is -0.593. The van der Waals surface area contributed by atoms with Crippen molar-refractivity contribution in [1.29, 1.82) is 0 Å². The molecule has 1 spiro atoms. The van der Waals surface area contributed by atoms with Gasteiger partial charge in [0, 0.05) is 0 Å². The highest BCUT2D eigenvalue weighted by Gasteiger charge is 2.33. The molecule has 1 N–H and O–H groups in total. The number of ketones is 1. The molecular weight excluding hydrogens is 234 g/mol. The van der Waals surface area contributed by atoms with E-state index in [2.05, 4.69) is 21.2 Å². The quantitative estimate of drug-likeness (QED) is 0.681. The van der Waals surface area contributed by atoms with Gasteiger partial charge in [-0.15, -0.1) is 0 Å². The van der Waals surface area contributed by atoms with Crippen LogP contribution >= 0.6 is 15.9 Å². The van der Waals surface area contributed by atoms with Crippen LogP contribution in [0.5, 0.6) is 0 Å². The van der Waals surface area contributed by atoms with Gasteiger partial charge in [-0.05, 0) is 46.3 Å². The summed E-state index contributed by atoms with van der Waals surface area (Å²) in [5.74, 6) is -0.222. The highest BCUT2D eigenvalue weighted by molar-refractivity contribution is 9.12. The highest BCUT2D eigenvalue weighted by Crippen LogP contribution is 2.26. The van der Waals surface area contributed by atoms with Gasteiger partial charge in [0.1, 0.15) is 0 Å². The second kappa shape index (κ2) is 2.67. The van der Waals surface area contributed by atoms with Crippen molar-refractivity contribution >= 4 is 27.6 Å². The van der Waals surface area contributed by atoms with Crippen molar-refractivity contribution in [2.75, 3.05) is 0 Å². The normalized spacial score (nSPS) is 23.6. The molecule has 2 aliphatic rings. The molecule has 0 aromatic heterocycles. The van der Waals surface area contributed by atoms with Crippen LogP contribution in [0.1, 0.15) is 0 Å². The zero-order valence-corrected chi connectivity index (χ0v) is 8.17. The van der Waals surface area contributed by atoms with Crippen molar-refractivity contribution in [3.05, 3.63) is 34.9 Å². The van der Waals surface area contributed by atoms with Crippen molar-refractivity contribution in [3.63, 3.8) is 0 Å². The van der Waals surface area contributed by atoms with E-state index in [-0.39, 0.29) is 11.7 Å². The van der Waals surface area contributed by atoms with Crippen molar-refractivity contribution < 1.29 is 9.59 Å². The maximum Gasteiger partial charge on any atom is 0.259 e. The van der Waals surface area contributed by atoms with Crippen molar-refractivity contribution in [2.45, 2.75) is 5.54 Å². The Labute approximate surface area is 83.3 Å². The molecule has 1 amide bonds. The molecule has 0 saturated carbocycles. The molecular formula is C9H6BrNO2. The van der Waals surface area contributed by atoms with Crippen LogP contribution in [0.3, 0.4) is 0 Å². The summed E-state index contributed by atoms with van der Waals surface area (Å²) in [5, 5.41) is 2.74. The molecule has 1 heterocycles. The Kier molecular flexibility index (Phi) is 1.73. The van der Waals surface area contributed by atoms with Crippen molar-refractivity contribution in [1.82, 2.24) is 5.32 Å². The second-order valence-corrected chi connectivity index (χ2v) is 3.80. The fourth-order valence-electron chi connectivity index (χ4n) is 1.30. The van der Waals surface area contributed by atoms with Crippen LogP contribution < -0.4 is 5.32 Å². The van der Waals surface area contributed by atoms with Crippen LogP contribution in [0.2, 0.25) is 0 Å². The number of hydrogen-bond donors (Lipinski definition) is 1. The predicted molar refractivity (Wildman–Crippen MR) is 51.2 cm³/mol. The lowest BCUT2D eigenvalue weighted by molar-refractivity contribution is -0.116. The van der Waals surface area contributed by atoms with Crippen LogP contribution in [-0.2, 0) is 9.59 Å². The molecule has 0 unspecified atom stereocenters. The molecule has 66 valence electrons. The topological polar surface area (TPSA) is 46.2 Å². The number of amides is 1. The summed E-state index contributed by atoms with van der Waals surface area (Å²) in [7, 11) is 0. The summed E-state index contributed by atoms with van der Waals surface area (Å²) in [6, 6.07) is 0. The van der Waals surface area contributed by atoms with Gasteiger partial charge in [-0.25, -0.2) is 0 Å². The molecule has 0 aromatic rings. The lowest BCUT2D eigenvalue weighted by Crippen LogP contribution is -2.39. The Morgan fingerprint density at radius 2 is 1.85 bits per heavy atom. The summed E-state index contributed by atoms with van der Waals surface area (Å²) in [4.78, 5) is 22.0. The lowest BCUT2D eigenvalue weighted by atomic mass is 9.95. The minimum absolute atomic E-state index is 0.0590. The molecule has 0 aromatic carbocycles. The third-order valence-corrected chi connectivity index (χ3v) is 2.55. The summed E-state index contributed by atoms with van der Waals surface area (Å²) in [6.07, 6.45) is 7.96. The molecule has 1 aliphatic heterocycles. The van der Waals surface area contributed by atoms with Gasteiger partial charge in [0.15, 0.2) is 5.78 Å². The molecule has 2 rings (SSSR count). The van der Waals surface area contributed by atoms with Crippen molar-refractivity contribution in [2.24, 2.45) is 0 Å². The number of allylic oxidation sites excluding steroid dienone is 2. The molecule has 0 bridgehead atoms. The number of halogens is 1. The third-order valence-electron chi connectivity index (χ3n) is 1.96. The van der Waals surface area contributed by atoms with Crippen LogP contribution in [0.25, 0.3) is 0 Å². The van der Waals surface area contributed by atoms with Crippen LogP contribution in [-0.4, -0.2) is 17.2 Å². The van der Waals surface area contributed by atoms with E-state index >= 15 is 0 Å². The molecule has 0 saturated heterocycles. The van der Waals surface area contributed by atoms with Crippen LogP contribution in [0.4, 0.5) is 0 Å². The average molecular weight is 240 g/mol. The number of nitrogens with one attached hydrogen (secondary N) is 1. The maximum atomic E-state index is 11.2. The van der Waals surface area contributed by atoms with E-state index in [4.69, 9.17) is 0 Å². The zero-order valence-electron chi connectivity index (χ0n) is 6.58. The minimum Gasteiger partial charge on any atom is -0.336 e. The monoisotopic (exact) mass is 239 g/mol. The fraction of sp³-hybridized carbons (Fsp3) is 0.111. The molecule has 0 radical (unpaired) electrons. The largest absolute Gasteiger partial charge is 0.336 e. The summed E-state index contributed by atoms with van der Waals surface area (Å²) < 4.78 is 0.496. The summed E-state index contributed by atoms with van der Waals surface area (Å²) >= 11 is 3.13. The SMILES string of the molecule is O=C1C=CC2(C=C1)C=C(Br)C(=O)N2. The zero-order chi connectivity index (χ0) is 9.47. The molecule has 3 nitrogen and oxygen atoms in total. The molecule has 0 atom stereocenters. The Morgan fingerprint density at radius 3 is 2.31 bits per heavy atom. The Hall–Kier alpha value is -1.16. The average Bonchev–Trinajstić information content (AvgIpc) is 2.36. The number of carbonyl (C=O) groups excluding carboxylic acids is 2. The third kappa shape index (κ3) is 1.37. The fourth-order valence-corrected chi connectivity index (χ4v) is 1.78. The van der Waals surface area contributed by atoms with Gasteiger partial charge < -0.3 is 5.32 Å².